The van der Waals surface area contributed by atoms with Crippen LogP contribution in [0, 0.1) is 13.8 Å². The van der Waals surface area contributed by atoms with Crippen molar-refractivity contribution in [2.75, 3.05) is 11.5 Å². The molecule has 2 aromatic rings. The molecule has 1 fully saturated rings. The molecular weight excluding hydrogens is 316 g/mol. The van der Waals surface area contributed by atoms with Crippen molar-refractivity contribution in [2.45, 2.75) is 32.9 Å². The number of sulfone groups is 1. The van der Waals surface area contributed by atoms with Crippen molar-refractivity contribution in [3.05, 3.63) is 47.2 Å². The number of rotatable bonds is 4. The molecule has 0 aliphatic carbocycles. The van der Waals surface area contributed by atoms with E-state index in [1.807, 2.05) is 36.6 Å². The topological polar surface area (TPSA) is 81.3 Å². The highest BCUT2D eigenvalue weighted by atomic mass is 32.2. The number of carbonyl (C=O) groups is 1. The summed E-state index contributed by atoms with van der Waals surface area (Å²) in [6, 6.07) is 5.26. The van der Waals surface area contributed by atoms with Gasteiger partial charge in [0.25, 0.3) is 5.91 Å². The number of hydrogen-bond donors (Lipinski definition) is 1. The molecule has 1 saturated heterocycles. The number of aryl methyl sites for hydroxylation is 1. The summed E-state index contributed by atoms with van der Waals surface area (Å²) in [6.45, 7) is 4.39. The second-order valence-corrected chi connectivity index (χ2v) is 8.25. The molecule has 1 amide bonds. The Balaban J connectivity index is 1.76. The fraction of sp³-hybridized carbons (Fsp3) is 0.438. The first-order valence-electron chi connectivity index (χ1n) is 7.56. The number of amides is 1. The zero-order valence-corrected chi connectivity index (χ0v) is 14.0. The number of hydrogen-bond acceptors (Lipinski definition) is 4. The van der Waals surface area contributed by atoms with Gasteiger partial charge in [-0.05, 0) is 38.5 Å². The zero-order valence-electron chi connectivity index (χ0n) is 13.2. The van der Waals surface area contributed by atoms with Gasteiger partial charge in [-0.2, -0.15) is 0 Å². The predicted molar refractivity (Wildman–Crippen MR) is 86.2 cm³/mol. The summed E-state index contributed by atoms with van der Waals surface area (Å²) in [6.07, 6.45) is 2.11. The molecule has 1 aliphatic rings. The van der Waals surface area contributed by atoms with Crippen LogP contribution in [-0.4, -0.2) is 36.4 Å². The van der Waals surface area contributed by atoms with E-state index >= 15 is 0 Å². The van der Waals surface area contributed by atoms with Crippen LogP contribution in [0.15, 0.2) is 28.9 Å². The number of carbonyl (C=O) groups excluding carboxylic acids is 1. The van der Waals surface area contributed by atoms with Crippen LogP contribution in [0.2, 0.25) is 0 Å². The minimum absolute atomic E-state index is 0.0316. The Morgan fingerprint density at radius 3 is 2.83 bits per heavy atom. The third kappa shape index (κ3) is 3.34. The van der Waals surface area contributed by atoms with E-state index in [9.17, 15) is 13.2 Å². The van der Waals surface area contributed by atoms with Crippen molar-refractivity contribution in [1.29, 1.82) is 0 Å². The molecule has 23 heavy (non-hydrogen) atoms. The molecule has 1 N–H and O–H groups in total. The lowest BCUT2D eigenvalue weighted by Gasteiger charge is -2.11. The average Bonchev–Trinajstić information content (AvgIpc) is 3.16. The predicted octanol–water partition coefficient (Wildman–Crippen LogP) is 1.66. The maximum absolute atomic E-state index is 12.5. The van der Waals surface area contributed by atoms with Gasteiger partial charge in [-0.15, -0.1) is 0 Å². The van der Waals surface area contributed by atoms with Crippen LogP contribution in [0.25, 0.3) is 0 Å². The van der Waals surface area contributed by atoms with Crippen molar-refractivity contribution < 1.29 is 17.6 Å². The largest absolute Gasteiger partial charge is 0.467 e. The van der Waals surface area contributed by atoms with E-state index in [1.54, 1.807) is 6.26 Å². The van der Waals surface area contributed by atoms with Gasteiger partial charge in [0.2, 0.25) is 0 Å². The van der Waals surface area contributed by atoms with Gasteiger partial charge in [0.15, 0.2) is 9.84 Å². The molecule has 0 radical (unpaired) electrons. The molecule has 0 spiro atoms. The maximum Gasteiger partial charge on any atom is 0.253 e. The van der Waals surface area contributed by atoms with Gasteiger partial charge in [0.1, 0.15) is 5.76 Å². The first kappa shape index (κ1) is 15.9. The average molecular weight is 336 g/mol. The van der Waals surface area contributed by atoms with Crippen molar-refractivity contribution in [3.63, 3.8) is 0 Å². The van der Waals surface area contributed by atoms with Gasteiger partial charge in [-0.3, -0.25) is 4.79 Å². The Hall–Kier alpha value is -2.02. The normalized spacial score (nSPS) is 19.8. The van der Waals surface area contributed by atoms with Gasteiger partial charge in [-0.1, -0.05) is 0 Å². The fourth-order valence-electron chi connectivity index (χ4n) is 3.00. The lowest BCUT2D eigenvalue weighted by molar-refractivity contribution is 0.0940. The quantitative estimate of drug-likeness (QED) is 0.921. The van der Waals surface area contributed by atoms with Crippen LogP contribution < -0.4 is 5.32 Å². The van der Waals surface area contributed by atoms with E-state index in [2.05, 4.69) is 5.32 Å². The number of nitrogens with zero attached hydrogens (tertiary/aromatic N) is 1. The molecule has 0 saturated carbocycles. The Morgan fingerprint density at radius 1 is 1.43 bits per heavy atom. The minimum Gasteiger partial charge on any atom is -0.467 e. The molecular formula is C16H20N2O4S. The molecule has 1 atom stereocenters. The molecule has 124 valence electrons. The second-order valence-electron chi connectivity index (χ2n) is 6.02. The highest BCUT2D eigenvalue weighted by molar-refractivity contribution is 7.91. The van der Waals surface area contributed by atoms with Crippen molar-refractivity contribution >= 4 is 15.7 Å². The summed E-state index contributed by atoms with van der Waals surface area (Å²) in [5.74, 6) is 0.783. The number of nitrogens with one attached hydrogen (secondary N) is 1. The Kier molecular flexibility index (Phi) is 4.06. The molecule has 0 aromatic carbocycles. The summed E-state index contributed by atoms with van der Waals surface area (Å²) < 4.78 is 30.4. The summed E-state index contributed by atoms with van der Waals surface area (Å²) in [5.41, 5.74) is 2.39. The van der Waals surface area contributed by atoms with E-state index in [-0.39, 0.29) is 23.5 Å². The van der Waals surface area contributed by atoms with Crippen molar-refractivity contribution in [3.8, 4) is 0 Å². The lowest BCUT2D eigenvalue weighted by atomic mass is 10.2. The van der Waals surface area contributed by atoms with E-state index in [1.165, 1.54) is 0 Å². The summed E-state index contributed by atoms with van der Waals surface area (Å²) >= 11 is 0. The van der Waals surface area contributed by atoms with E-state index in [0.29, 0.717) is 18.5 Å². The summed E-state index contributed by atoms with van der Waals surface area (Å²) in [7, 11) is -3.00. The SMILES string of the molecule is Cc1cc(C(=O)NC2CCS(=O)(=O)C2)c(C)n1Cc1ccco1. The monoisotopic (exact) mass is 336 g/mol. The maximum atomic E-state index is 12.5. The number of aromatic nitrogens is 1. The molecule has 3 heterocycles. The van der Waals surface area contributed by atoms with Crippen molar-refractivity contribution in [1.82, 2.24) is 9.88 Å². The fourth-order valence-corrected chi connectivity index (χ4v) is 4.68. The molecule has 1 aliphatic heterocycles. The van der Waals surface area contributed by atoms with Gasteiger partial charge in [0, 0.05) is 17.4 Å². The van der Waals surface area contributed by atoms with E-state index in [0.717, 1.165) is 17.1 Å². The first-order valence-corrected chi connectivity index (χ1v) is 9.38. The van der Waals surface area contributed by atoms with Crippen molar-refractivity contribution in [2.24, 2.45) is 0 Å². The molecule has 0 bridgehead atoms. The Morgan fingerprint density at radius 2 is 2.22 bits per heavy atom. The van der Waals surface area contributed by atoms with Gasteiger partial charge < -0.3 is 14.3 Å². The molecule has 6 nitrogen and oxygen atoms in total. The van der Waals surface area contributed by atoms with Gasteiger partial charge in [-0.25, -0.2) is 8.42 Å². The molecule has 7 heteroatoms. The highest BCUT2D eigenvalue weighted by Crippen LogP contribution is 2.19. The van der Waals surface area contributed by atoms with Crippen LogP contribution >= 0.6 is 0 Å². The number of furan rings is 1. The Bertz CT molecular complexity index is 819. The smallest absolute Gasteiger partial charge is 0.253 e. The van der Waals surface area contributed by atoms with Crippen LogP contribution in [0.1, 0.15) is 33.9 Å². The van der Waals surface area contributed by atoms with Crippen LogP contribution in [-0.2, 0) is 16.4 Å². The lowest BCUT2D eigenvalue weighted by Crippen LogP contribution is -2.35. The van der Waals surface area contributed by atoms with Gasteiger partial charge in [0.05, 0.1) is 29.9 Å². The minimum atomic E-state index is -3.00. The molecule has 1 unspecified atom stereocenters. The van der Waals surface area contributed by atoms with Gasteiger partial charge >= 0.3 is 0 Å². The first-order chi connectivity index (χ1) is 10.9. The third-order valence-corrected chi connectivity index (χ3v) is 6.05. The summed E-state index contributed by atoms with van der Waals surface area (Å²) in [5, 5.41) is 2.84. The van der Waals surface area contributed by atoms with E-state index in [4.69, 9.17) is 4.42 Å². The second kappa shape index (κ2) is 5.88. The standard InChI is InChI=1S/C16H20N2O4S/c1-11-8-15(12(2)18(11)9-14-4-3-6-22-14)16(19)17-13-5-7-23(20,21)10-13/h3-4,6,8,13H,5,7,9-10H2,1-2H3,(H,17,19). The van der Waals surface area contributed by atoms with Crippen LogP contribution in [0.3, 0.4) is 0 Å². The van der Waals surface area contributed by atoms with E-state index < -0.39 is 9.84 Å². The third-order valence-electron chi connectivity index (χ3n) is 4.28. The zero-order chi connectivity index (χ0) is 16.6. The summed E-state index contributed by atoms with van der Waals surface area (Å²) in [4.78, 5) is 12.5. The van der Waals surface area contributed by atoms with Crippen LogP contribution in [0.4, 0.5) is 0 Å². The molecule has 2 aromatic heterocycles. The highest BCUT2D eigenvalue weighted by Gasteiger charge is 2.29. The molecule has 3 rings (SSSR count). The van der Waals surface area contributed by atoms with Crippen LogP contribution in [0.5, 0.6) is 0 Å². The Labute approximate surface area is 135 Å².